The molecule has 0 aliphatic heterocycles. The highest BCUT2D eigenvalue weighted by Crippen LogP contribution is 2.25. The fraction of sp³-hybridized carbons (Fsp3) is 0.500. The minimum Gasteiger partial charge on any atom is -0.388 e. The Hall–Kier alpha value is -1.16. The molecule has 0 bridgehead atoms. The van der Waals surface area contributed by atoms with E-state index in [0.717, 1.165) is 5.82 Å². The molecule has 2 rings (SSSR count). The Morgan fingerprint density at radius 3 is 2.75 bits per heavy atom. The molecule has 3 nitrogen and oxygen atoms in total. The van der Waals surface area contributed by atoms with Gasteiger partial charge in [0.15, 0.2) is 0 Å². The van der Waals surface area contributed by atoms with E-state index < -0.39 is 0 Å². The quantitative estimate of drug-likeness (QED) is 0.815. The smallest absolute Gasteiger partial charge is 0.129 e. The number of anilines is 1. The molecule has 0 aromatic carbocycles. The van der Waals surface area contributed by atoms with Gasteiger partial charge in [0.25, 0.3) is 0 Å². The highest BCUT2D eigenvalue weighted by molar-refractivity contribution is 7.80. The summed E-state index contributed by atoms with van der Waals surface area (Å²) in [6.45, 7) is 0. The van der Waals surface area contributed by atoms with Crippen LogP contribution >= 0.6 is 12.2 Å². The van der Waals surface area contributed by atoms with E-state index in [0.29, 0.717) is 16.7 Å². The summed E-state index contributed by atoms with van der Waals surface area (Å²) in [6.07, 6.45) is 5.17. The van der Waals surface area contributed by atoms with Crippen molar-refractivity contribution in [3.05, 3.63) is 23.9 Å². The highest BCUT2D eigenvalue weighted by atomic mass is 32.1. The molecule has 1 fully saturated rings. The Kier molecular flexibility index (Phi) is 3.39. The molecule has 1 aromatic rings. The second-order valence-corrected chi connectivity index (χ2v) is 4.73. The van der Waals surface area contributed by atoms with Gasteiger partial charge in [-0.1, -0.05) is 31.1 Å². The van der Waals surface area contributed by atoms with Crippen molar-refractivity contribution in [2.24, 2.45) is 5.73 Å². The lowest BCUT2D eigenvalue weighted by Gasteiger charge is -2.25. The minimum absolute atomic E-state index is 0.363. The van der Waals surface area contributed by atoms with Crippen LogP contribution in [0.5, 0.6) is 0 Å². The highest BCUT2D eigenvalue weighted by Gasteiger charge is 2.20. The molecule has 0 atom stereocenters. The molecule has 1 aliphatic rings. The van der Waals surface area contributed by atoms with Gasteiger partial charge < -0.3 is 10.6 Å². The van der Waals surface area contributed by atoms with Gasteiger partial charge in [0.05, 0.1) is 5.69 Å². The summed E-state index contributed by atoms with van der Waals surface area (Å²) in [6, 6.07) is 6.45. The van der Waals surface area contributed by atoms with E-state index in [4.69, 9.17) is 18.0 Å². The third-order valence-electron chi connectivity index (χ3n) is 3.22. The van der Waals surface area contributed by atoms with E-state index in [1.807, 2.05) is 18.2 Å². The Bertz CT molecular complexity index is 386. The fourth-order valence-corrected chi connectivity index (χ4v) is 2.35. The van der Waals surface area contributed by atoms with Crippen LogP contribution in [-0.2, 0) is 0 Å². The summed E-state index contributed by atoms with van der Waals surface area (Å²) in [7, 11) is 2.10. The van der Waals surface area contributed by atoms with Crippen LogP contribution in [0.4, 0.5) is 5.82 Å². The lowest BCUT2D eigenvalue weighted by atomic mass is 10.2. The van der Waals surface area contributed by atoms with Crippen LogP contribution in [0.1, 0.15) is 31.4 Å². The maximum atomic E-state index is 5.59. The average molecular weight is 235 g/mol. The van der Waals surface area contributed by atoms with E-state index >= 15 is 0 Å². The van der Waals surface area contributed by atoms with Crippen LogP contribution in [0, 0.1) is 0 Å². The third-order valence-corrected chi connectivity index (χ3v) is 3.43. The zero-order valence-corrected chi connectivity index (χ0v) is 10.3. The number of hydrogen-bond acceptors (Lipinski definition) is 3. The lowest BCUT2D eigenvalue weighted by Crippen LogP contribution is -2.30. The second kappa shape index (κ2) is 4.78. The largest absolute Gasteiger partial charge is 0.388 e. The first-order chi connectivity index (χ1) is 7.68. The number of aromatic nitrogens is 1. The first kappa shape index (κ1) is 11.3. The van der Waals surface area contributed by atoms with Gasteiger partial charge >= 0.3 is 0 Å². The van der Waals surface area contributed by atoms with Crippen LogP contribution < -0.4 is 10.6 Å². The third kappa shape index (κ3) is 2.32. The van der Waals surface area contributed by atoms with Crippen molar-refractivity contribution in [1.29, 1.82) is 0 Å². The van der Waals surface area contributed by atoms with E-state index in [9.17, 15) is 0 Å². The number of nitrogens with two attached hydrogens (primary N) is 1. The van der Waals surface area contributed by atoms with E-state index in [-0.39, 0.29) is 0 Å². The number of pyridine rings is 1. The molecule has 0 radical (unpaired) electrons. The molecule has 0 unspecified atom stereocenters. The van der Waals surface area contributed by atoms with Crippen molar-refractivity contribution in [1.82, 2.24) is 4.98 Å². The van der Waals surface area contributed by atoms with Gasteiger partial charge in [0, 0.05) is 13.1 Å². The van der Waals surface area contributed by atoms with Gasteiger partial charge in [-0.25, -0.2) is 4.98 Å². The van der Waals surface area contributed by atoms with Gasteiger partial charge in [0.2, 0.25) is 0 Å². The standard InChI is InChI=1S/C12H17N3S/c1-15(9-5-2-3-6-9)11-8-4-7-10(14-11)12(13)16/h4,7-9H,2-3,5-6H2,1H3,(H2,13,16). The first-order valence-electron chi connectivity index (χ1n) is 5.68. The molecule has 16 heavy (non-hydrogen) atoms. The molecule has 1 saturated carbocycles. The summed E-state index contributed by atoms with van der Waals surface area (Å²) in [5.74, 6) is 0.970. The summed E-state index contributed by atoms with van der Waals surface area (Å²) >= 11 is 4.94. The zero-order chi connectivity index (χ0) is 11.5. The van der Waals surface area contributed by atoms with Crippen LogP contribution in [0.15, 0.2) is 18.2 Å². The van der Waals surface area contributed by atoms with Crippen molar-refractivity contribution < 1.29 is 0 Å². The number of nitrogens with zero attached hydrogens (tertiary/aromatic N) is 2. The van der Waals surface area contributed by atoms with Crippen molar-refractivity contribution >= 4 is 23.0 Å². The molecule has 2 N–H and O–H groups in total. The first-order valence-corrected chi connectivity index (χ1v) is 6.09. The molecule has 86 valence electrons. The molecule has 1 aromatic heterocycles. The minimum atomic E-state index is 0.363. The SMILES string of the molecule is CN(c1cccc(C(N)=S)n1)C1CCCC1. The van der Waals surface area contributed by atoms with Crippen LogP contribution in [-0.4, -0.2) is 23.1 Å². The maximum absolute atomic E-state index is 5.59. The van der Waals surface area contributed by atoms with Gasteiger partial charge in [0.1, 0.15) is 10.8 Å². The summed E-state index contributed by atoms with van der Waals surface area (Å²) in [5, 5.41) is 0. The molecule has 0 saturated heterocycles. The summed E-state index contributed by atoms with van der Waals surface area (Å²) < 4.78 is 0. The Morgan fingerprint density at radius 1 is 1.44 bits per heavy atom. The lowest BCUT2D eigenvalue weighted by molar-refractivity contribution is 0.646. The number of thiocarbonyl (C=S) groups is 1. The Balaban J connectivity index is 2.18. The van der Waals surface area contributed by atoms with Crippen molar-refractivity contribution in [2.45, 2.75) is 31.7 Å². The predicted octanol–water partition coefficient (Wildman–Crippen LogP) is 2.09. The second-order valence-electron chi connectivity index (χ2n) is 4.29. The van der Waals surface area contributed by atoms with Crippen LogP contribution in [0.25, 0.3) is 0 Å². The van der Waals surface area contributed by atoms with Crippen molar-refractivity contribution in [3.8, 4) is 0 Å². The normalized spacial score (nSPS) is 16.3. The molecule has 4 heteroatoms. The predicted molar refractivity (Wildman–Crippen MR) is 70.8 cm³/mol. The molecule has 1 aliphatic carbocycles. The van der Waals surface area contributed by atoms with Crippen molar-refractivity contribution in [3.63, 3.8) is 0 Å². The maximum Gasteiger partial charge on any atom is 0.129 e. The molecular weight excluding hydrogens is 218 g/mol. The molecule has 0 amide bonds. The van der Waals surface area contributed by atoms with E-state index in [1.165, 1.54) is 25.7 Å². The zero-order valence-electron chi connectivity index (χ0n) is 9.52. The monoisotopic (exact) mass is 235 g/mol. The average Bonchev–Trinajstić information content (AvgIpc) is 2.81. The van der Waals surface area contributed by atoms with Gasteiger partial charge in [-0.15, -0.1) is 0 Å². The molecule has 0 spiro atoms. The number of rotatable bonds is 3. The number of hydrogen-bond donors (Lipinski definition) is 1. The van der Waals surface area contributed by atoms with E-state index in [2.05, 4.69) is 16.9 Å². The molecular formula is C12H17N3S. The summed E-state index contributed by atoms with van der Waals surface area (Å²) in [5.41, 5.74) is 6.29. The summed E-state index contributed by atoms with van der Waals surface area (Å²) in [4.78, 5) is 7.08. The van der Waals surface area contributed by atoms with Crippen LogP contribution in [0.3, 0.4) is 0 Å². The van der Waals surface area contributed by atoms with Gasteiger partial charge in [-0.05, 0) is 25.0 Å². The Morgan fingerprint density at radius 2 is 2.12 bits per heavy atom. The fourth-order valence-electron chi connectivity index (χ4n) is 2.24. The van der Waals surface area contributed by atoms with E-state index in [1.54, 1.807) is 0 Å². The molecule has 1 heterocycles. The van der Waals surface area contributed by atoms with Gasteiger partial charge in [-0.3, -0.25) is 0 Å². The van der Waals surface area contributed by atoms with Crippen LogP contribution in [0.2, 0.25) is 0 Å². The Labute approximate surface area is 102 Å². The topological polar surface area (TPSA) is 42.1 Å². The van der Waals surface area contributed by atoms with Gasteiger partial charge in [-0.2, -0.15) is 0 Å². The van der Waals surface area contributed by atoms with Crippen molar-refractivity contribution in [2.75, 3.05) is 11.9 Å².